The number of amides is 1. The van der Waals surface area contributed by atoms with Crippen LogP contribution in [0.1, 0.15) is 54.1 Å². The van der Waals surface area contributed by atoms with E-state index in [4.69, 9.17) is 0 Å². The van der Waals surface area contributed by atoms with Gasteiger partial charge in [0.15, 0.2) is 0 Å². The number of carbonyl (C=O) groups excluding carboxylic acids is 1. The largest absolute Gasteiger partial charge is 0.345 e. The van der Waals surface area contributed by atoms with Crippen LogP contribution in [0.3, 0.4) is 0 Å². The molecule has 2 fully saturated rings. The molecule has 6 heteroatoms. The van der Waals surface area contributed by atoms with Crippen molar-refractivity contribution in [2.45, 2.75) is 43.0 Å². The number of hydrogen-bond acceptors (Lipinski definition) is 3. The summed E-state index contributed by atoms with van der Waals surface area (Å²) < 4.78 is 27.1. The number of piperidine rings is 1. The maximum Gasteiger partial charge on any atom is 0.251 e. The van der Waals surface area contributed by atoms with Gasteiger partial charge >= 0.3 is 0 Å². The standard InChI is InChI=1S/C22H26N2O3S/c25-22(23-21(18-9-10-18)17-7-3-1-4-8-17)19-11-13-20(14-12-19)28(26,27)24-15-5-2-6-16-24/h1,3-4,7-8,11-14,18,21H,2,5-6,9-10,15-16H2,(H,23,25). The molecule has 5 nitrogen and oxygen atoms in total. The molecule has 1 N–H and O–H groups in total. The summed E-state index contributed by atoms with van der Waals surface area (Å²) in [6, 6.07) is 16.3. The molecule has 0 radical (unpaired) electrons. The molecular weight excluding hydrogens is 372 g/mol. The molecule has 2 aromatic rings. The fraction of sp³-hybridized carbons (Fsp3) is 0.409. The van der Waals surface area contributed by atoms with Crippen molar-refractivity contribution in [3.8, 4) is 0 Å². The molecule has 4 rings (SSSR count). The number of benzene rings is 2. The summed E-state index contributed by atoms with van der Waals surface area (Å²) in [5, 5.41) is 3.13. The fourth-order valence-corrected chi connectivity index (χ4v) is 5.34. The van der Waals surface area contributed by atoms with E-state index in [1.54, 1.807) is 28.6 Å². The Bertz CT molecular complexity index is 916. The van der Waals surface area contributed by atoms with Crippen molar-refractivity contribution < 1.29 is 13.2 Å². The van der Waals surface area contributed by atoms with Gasteiger partial charge in [0, 0.05) is 18.7 Å². The first-order valence-corrected chi connectivity index (χ1v) is 11.5. The highest BCUT2D eigenvalue weighted by atomic mass is 32.2. The van der Waals surface area contributed by atoms with E-state index in [-0.39, 0.29) is 16.8 Å². The Kier molecular flexibility index (Phi) is 5.51. The van der Waals surface area contributed by atoms with Gasteiger partial charge in [0.1, 0.15) is 0 Å². The Morgan fingerprint density at radius 2 is 1.57 bits per heavy atom. The van der Waals surface area contributed by atoms with Crippen LogP contribution in [0.25, 0.3) is 0 Å². The topological polar surface area (TPSA) is 66.5 Å². The van der Waals surface area contributed by atoms with Gasteiger partial charge < -0.3 is 5.32 Å². The number of carbonyl (C=O) groups is 1. The third kappa shape index (κ3) is 4.13. The average Bonchev–Trinajstić information content (AvgIpc) is 3.58. The molecule has 1 aliphatic carbocycles. The monoisotopic (exact) mass is 398 g/mol. The van der Waals surface area contributed by atoms with Gasteiger partial charge in [-0.1, -0.05) is 36.8 Å². The summed E-state index contributed by atoms with van der Waals surface area (Å²) in [5.41, 5.74) is 1.60. The predicted octanol–water partition coefficient (Wildman–Crippen LogP) is 3.74. The lowest BCUT2D eigenvalue weighted by atomic mass is 10.0. The molecule has 0 spiro atoms. The SMILES string of the molecule is O=C(NC(c1ccccc1)C1CC1)c1ccc(S(=O)(=O)N2CCCCC2)cc1. The zero-order valence-corrected chi connectivity index (χ0v) is 16.7. The van der Waals surface area contributed by atoms with Crippen LogP contribution < -0.4 is 5.32 Å². The number of rotatable bonds is 6. The van der Waals surface area contributed by atoms with E-state index in [1.807, 2.05) is 30.3 Å². The average molecular weight is 399 g/mol. The molecule has 1 aliphatic heterocycles. The lowest BCUT2D eigenvalue weighted by molar-refractivity contribution is 0.0931. The van der Waals surface area contributed by atoms with E-state index in [0.717, 1.165) is 37.7 Å². The van der Waals surface area contributed by atoms with Crippen LogP contribution in [0.15, 0.2) is 59.5 Å². The fourth-order valence-electron chi connectivity index (χ4n) is 3.82. The molecule has 2 aliphatic rings. The van der Waals surface area contributed by atoms with E-state index in [2.05, 4.69) is 5.32 Å². The Balaban J connectivity index is 1.48. The minimum atomic E-state index is -3.47. The summed E-state index contributed by atoms with van der Waals surface area (Å²) in [5.74, 6) is 0.313. The van der Waals surface area contributed by atoms with Crippen LogP contribution in [-0.2, 0) is 10.0 Å². The Hall–Kier alpha value is -2.18. The number of nitrogens with zero attached hydrogens (tertiary/aromatic N) is 1. The number of nitrogens with one attached hydrogen (secondary N) is 1. The van der Waals surface area contributed by atoms with E-state index in [1.165, 1.54) is 0 Å². The summed E-state index contributed by atoms with van der Waals surface area (Å²) in [7, 11) is -3.47. The van der Waals surface area contributed by atoms with E-state index < -0.39 is 10.0 Å². The molecule has 1 atom stereocenters. The van der Waals surface area contributed by atoms with Crippen LogP contribution >= 0.6 is 0 Å². The molecule has 1 saturated heterocycles. The molecule has 1 heterocycles. The van der Waals surface area contributed by atoms with Crippen LogP contribution in [0, 0.1) is 5.92 Å². The lowest BCUT2D eigenvalue weighted by Crippen LogP contribution is -2.35. The molecular formula is C22H26N2O3S. The predicted molar refractivity (Wildman–Crippen MR) is 108 cm³/mol. The van der Waals surface area contributed by atoms with Crippen molar-refractivity contribution >= 4 is 15.9 Å². The van der Waals surface area contributed by atoms with E-state index in [0.29, 0.717) is 24.6 Å². The zero-order chi connectivity index (χ0) is 19.6. The quantitative estimate of drug-likeness (QED) is 0.806. The highest BCUT2D eigenvalue weighted by molar-refractivity contribution is 7.89. The highest BCUT2D eigenvalue weighted by Crippen LogP contribution is 2.41. The third-order valence-corrected chi connectivity index (χ3v) is 7.52. The Morgan fingerprint density at radius 1 is 0.929 bits per heavy atom. The lowest BCUT2D eigenvalue weighted by Gasteiger charge is -2.26. The normalized spacial score (nSPS) is 19.1. The second kappa shape index (κ2) is 8.05. The highest BCUT2D eigenvalue weighted by Gasteiger charge is 2.33. The third-order valence-electron chi connectivity index (χ3n) is 5.61. The van der Waals surface area contributed by atoms with Crippen molar-refractivity contribution in [3.05, 3.63) is 65.7 Å². The summed E-state index contributed by atoms with van der Waals surface area (Å²) in [6.45, 7) is 1.15. The van der Waals surface area contributed by atoms with Crippen molar-refractivity contribution in [2.24, 2.45) is 5.92 Å². The first-order chi connectivity index (χ1) is 13.6. The van der Waals surface area contributed by atoms with Gasteiger partial charge in [0.2, 0.25) is 10.0 Å². The van der Waals surface area contributed by atoms with Gasteiger partial charge in [-0.2, -0.15) is 4.31 Å². The minimum Gasteiger partial charge on any atom is -0.345 e. The van der Waals surface area contributed by atoms with E-state index >= 15 is 0 Å². The Labute approximate surface area is 166 Å². The summed E-state index contributed by atoms with van der Waals surface area (Å²) in [4.78, 5) is 13.0. The molecule has 1 saturated carbocycles. The molecule has 148 valence electrons. The summed E-state index contributed by atoms with van der Waals surface area (Å²) >= 11 is 0. The smallest absolute Gasteiger partial charge is 0.251 e. The van der Waals surface area contributed by atoms with Crippen LogP contribution in [-0.4, -0.2) is 31.7 Å². The zero-order valence-electron chi connectivity index (χ0n) is 15.9. The molecule has 1 unspecified atom stereocenters. The molecule has 0 aromatic heterocycles. The maximum atomic E-state index is 12.8. The van der Waals surface area contributed by atoms with Crippen molar-refractivity contribution in [1.29, 1.82) is 0 Å². The van der Waals surface area contributed by atoms with Gasteiger partial charge in [-0.25, -0.2) is 8.42 Å². The van der Waals surface area contributed by atoms with Crippen LogP contribution in [0.4, 0.5) is 0 Å². The second-order valence-corrected chi connectivity index (χ2v) is 9.63. The molecule has 1 amide bonds. The second-order valence-electron chi connectivity index (χ2n) is 7.69. The van der Waals surface area contributed by atoms with Gasteiger partial charge in [-0.3, -0.25) is 4.79 Å². The number of hydrogen-bond donors (Lipinski definition) is 1. The first-order valence-electron chi connectivity index (χ1n) is 10.0. The van der Waals surface area contributed by atoms with Gasteiger partial charge in [0.25, 0.3) is 5.91 Å². The first kappa shape index (κ1) is 19.2. The summed E-state index contributed by atoms with van der Waals surface area (Å²) in [6.07, 6.45) is 5.12. The van der Waals surface area contributed by atoms with Crippen molar-refractivity contribution in [1.82, 2.24) is 9.62 Å². The molecule has 2 aromatic carbocycles. The molecule has 0 bridgehead atoms. The van der Waals surface area contributed by atoms with E-state index in [9.17, 15) is 13.2 Å². The van der Waals surface area contributed by atoms with Crippen molar-refractivity contribution in [3.63, 3.8) is 0 Å². The van der Waals surface area contributed by atoms with Crippen LogP contribution in [0.2, 0.25) is 0 Å². The van der Waals surface area contributed by atoms with Crippen molar-refractivity contribution in [2.75, 3.05) is 13.1 Å². The minimum absolute atomic E-state index is 0.00505. The molecule has 28 heavy (non-hydrogen) atoms. The van der Waals surface area contributed by atoms with Gasteiger partial charge in [-0.15, -0.1) is 0 Å². The Morgan fingerprint density at radius 3 is 2.18 bits per heavy atom. The van der Waals surface area contributed by atoms with Crippen LogP contribution in [0.5, 0.6) is 0 Å². The van der Waals surface area contributed by atoms with Gasteiger partial charge in [-0.05, 0) is 61.4 Å². The number of sulfonamides is 1. The maximum absolute atomic E-state index is 12.8. The van der Waals surface area contributed by atoms with Gasteiger partial charge in [0.05, 0.1) is 10.9 Å².